The second-order valence-corrected chi connectivity index (χ2v) is 7.67. The molecule has 0 saturated heterocycles. The largest absolute Gasteiger partial charge is 0.497 e. The summed E-state index contributed by atoms with van der Waals surface area (Å²) in [4.78, 5) is 16.5. The van der Waals surface area contributed by atoms with Gasteiger partial charge in [0.1, 0.15) is 12.3 Å². The van der Waals surface area contributed by atoms with Crippen LogP contribution >= 0.6 is 0 Å². The van der Waals surface area contributed by atoms with Gasteiger partial charge in [0.05, 0.1) is 24.2 Å². The molecule has 1 amide bonds. The number of carbonyl (C=O) groups is 1. The molecule has 1 fully saturated rings. The highest BCUT2D eigenvalue weighted by Gasteiger charge is 2.39. The van der Waals surface area contributed by atoms with E-state index in [0.717, 1.165) is 28.5 Å². The number of carbonyl (C=O) groups excluding carboxylic acids is 1. The van der Waals surface area contributed by atoms with Crippen LogP contribution in [0.3, 0.4) is 0 Å². The molecule has 30 heavy (non-hydrogen) atoms. The van der Waals surface area contributed by atoms with Gasteiger partial charge in [-0.05, 0) is 61.1 Å². The number of alkyl halides is 3. The second-order valence-electron chi connectivity index (χ2n) is 7.67. The van der Waals surface area contributed by atoms with Crippen LogP contribution in [0.25, 0.3) is 11.0 Å². The Kier molecular flexibility index (Phi) is 5.17. The van der Waals surface area contributed by atoms with Gasteiger partial charge in [0, 0.05) is 0 Å². The number of benzene rings is 2. The van der Waals surface area contributed by atoms with E-state index in [0.29, 0.717) is 11.3 Å². The monoisotopic (exact) mass is 417 g/mol. The number of rotatable bonds is 6. The summed E-state index contributed by atoms with van der Waals surface area (Å²) in [5.74, 6) is -0.555. The smallest absolute Gasteiger partial charge is 0.449 e. The standard InChI is InChI=1S/C22H22F3N3O2/c1-13-3-10-17-18(11-13)28(21(26-17)22(23,24)25)12-19(29)27-20(14-4-5-14)15-6-8-16(30-2)9-7-15/h3,6-11,14,20H,4-5,12H2,1-2H3,(H,27,29)/t20-/m0/s1. The molecule has 5 nitrogen and oxygen atoms in total. The molecule has 1 saturated carbocycles. The van der Waals surface area contributed by atoms with E-state index in [-0.39, 0.29) is 17.5 Å². The lowest BCUT2D eigenvalue weighted by atomic mass is 10.0. The summed E-state index contributed by atoms with van der Waals surface area (Å²) in [6.45, 7) is 1.34. The predicted octanol–water partition coefficient (Wildman–Crippen LogP) is 4.64. The topological polar surface area (TPSA) is 56.1 Å². The molecule has 1 atom stereocenters. The number of imidazole rings is 1. The maximum atomic E-state index is 13.5. The number of amides is 1. The Hall–Kier alpha value is -3.03. The van der Waals surface area contributed by atoms with Gasteiger partial charge in [-0.15, -0.1) is 0 Å². The first-order valence-electron chi connectivity index (χ1n) is 9.73. The molecule has 158 valence electrons. The number of aromatic nitrogens is 2. The average Bonchev–Trinajstić information content (AvgIpc) is 3.48. The summed E-state index contributed by atoms with van der Waals surface area (Å²) in [6, 6.07) is 12.0. The third kappa shape index (κ3) is 4.13. The maximum absolute atomic E-state index is 13.5. The van der Waals surface area contributed by atoms with Crippen molar-refractivity contribution in [2.45, 2.75) is 38.5 Å². The average molecular weight is 417 g/mol. The Labute approximate surface area is 171 Å². The van der Waals surface area contributed by atoms with Crippen molar-refractivity contribution in [2.24, 2.45) is 5.92 Å². The van der Waals surface area contributed by atoms with Gasteiger partial charge in [0.25, 0.3) is 0 Å². The highest BCUT2D eigenvalue weighted by molar-refractivity contribution is 5.82. The maximum Gasteiger partial charge on any atom is 0.449 e. The van der Waals surface area contributed by atoms with Crippen molar-refractivity contribution in [2.75, 3.05) is 7.11 Å². The SMILES string of the molecule is COc1ccc([C@@H](NC(=O)Cn2c(C(F)(F)F)nc3ccc(C)cc32)C2CC2)cc1. The van der Waals surface area contributed by atoms with Gasteiger partial charge in [-0.25, -0.2) is 4.98 Å². The van der Waals surface area contributed by atoms with E-state index < -0.39 is 24.5 Å². The summed E-state index contributed by atoms with van der Waals surface area (Å²) < 4.78 is 46.8. The number of hydrogen-bond donors (Lipinski definition) is 1. The molecule has 0 unspecified atom stereocenters. The molecule has 1 N–H and O–H groups in total. The van der Waals surface area contributed by atoms with Crippen LogP contribution in [0.2, 0.25) is 0 Å². The molecular formula is C22H22F3N3O2. The number of hydrogen-bond acceptors (Lipinski definition) is 3. The van der Waals surface area contributed by atoms with Crippen molar-refractivity contribution < 1.29 is 22.7 Å². The van der Waals surface area contributed by atoms with Gasteiger partial charge in [0.2, 0.25) is 11.7 Å². The van der Waals surface area contributed by atoms with Gasteiger partial charge in [0.15, 0.2) is 0 Å². The van der Waals surface area contributed by atoms with Gasteiger partial charge in [-0.2, -0.15) is 13.2 Å². The number of aryl methyl sites for hydroxylation is 1. The Bertz CT molecular complexity index is 1070. The van der Waals surface area contributed by atoms with Gasteiger partial charge in [-0.3, -0.25) is 4.79 Å². The first-order valence-corrected chi connectivity index (χ1v) is 9.73. The van der Waals surface area contributed by atoms with Crippen molar-refractivity contribution in [3.8, 4) is 5.75 Å². The Morgan fingerprint density at radius 1 is 1.23 bits per heavy atom. The molecule has 8 heteroatoms. The van der Waals surface area contributed by atoms with Crippen LogP contribution in [0.15, 0.2) is 42.5 Å². The van der Waals surface area contributed by atoms with E-state index in [9.17, 15) is 18.0 Å². The number of fused-ring (bicyclic) bond motifs is 1. The molecule has 1 aliphatic rings. The number of halogens is 3. The van der Waals surface area contributed by atoms with E-state index in [2.05, 4.69) is 10.3 Å². The first-order chi connectivity index (χ1) is 14.3. The molecule has 1 aromatic heterocycles. The molecule has 1 aliphatic carbocycles. The minimum atomic E-state index is -4.65. The van der Waals surface area contributed by atoms with E-state index in [1.165, 1.54) is 0 Å². The molecule has 1 heterocycles. The van der Waals surface area contributed by atoms with Crippen LogP contribution in [0.5, 0.6) is 5.75 Å². The van der Waals surface area contributed by atoms with Crippen LogP contribution in [-0.2, 0) is 17.5 Å². The summed E-state index contributed by atoms with van der Waals surface area (Å²) in [7, 11) is 1.57. The third-order valence-electron chi connectivity index (χ3n) is 5.34. The minimum Gasteiger partial charge on any atom is -0.497 e. The molecule has 0 radical (unpaired) electrons. The zero-order valence-electron chi connectivity index (χ0n) is 16.7. The lowest BCUT2D eigenvalue weighted by Crippen LogP contribution is -2.33. The minimum absolute atomic E-state index is 0.217. The van der Waals surface area contributed by atoms with Crippen molar-refractivity contribution in [3.05, 3.63) is 59.4 Å². The van der Waals surface area contributed by atoms with Crippen LogP contribution < -0.4 is 10.1 Å². The molecule has 2 aromatic carbocycles. The lowest BCUT2D eigenvalue weighted by molar-refractivity contribution is -0.147. The van der Waals surface area contributed by atoms with Crippen LogP contribution in [-0.4, -0.2) is 22.6 Å². The fourth-order valence-electron chi connectivity index (χ4n) is 3.69. The molecule has 0 spiro atoms. The number of ether oxygens (including phenoxy) is 1. The number of nitrogens with zero attached hydrogens (tertiary/aromatic N) is 2. The van der Waals surface area contributed by atoms with Gasteiger partial charge >= 0.3 is 6.18 Å². The Morgan fingerprint density at radius 2 is 1.93 bits per heavy atom. The quantitative estimate of drug-likeness (QED) is 0.636. The van der Waals surface area contributed by atoms with Gasteiger partial charge in [-0.1, -0.05) is 18.2 Å². The molecule has 0 bridgehead atoms. The fraction of sp³-hybridized carbons (Fsp3) is 0.364. The molecule has 3 aromatic rings. The normalized spacial score (nSPS) is 15.2. The molecule has 0 aliphatic heterocycles. The summed E-state index contributed by atoms with van der Waals surface area (Å²) in [5.41, 5.74) is 2.22. The first kappa shape index (κ1) is 20.3. The van der Waals surface area contributed by atoms with Crippen molar-refractivity contribution in [1.29, 1.82) is 0 Å². The van der Waals surface area contributed by atoms with Crippen molar-refractivity contribution in [3.63, 3.8) is 0 Å². The number of methoxy groups -OCH3 is 1. The third-order valence-corrected chi connectivity index (χ3v) is 5.34. The van der Waals surface area contributed by atoms with E-state index in [1.807, 2.05) is 24.3 Å². The van der Waals surface area contributed by atoms with Crippen molar-refractivity contribution >= 4 is 16.9 Å². The fourth-order valence-corrected chi connectivity index (χ4v) is 3.69. The van der Waals surface area contributed by atoms with E-state index in [1.54, 1.807) is 32.2 Å². The molecular weight excluding hydrogens is 395 g/mol. The van der Waals surface area contributed by atoms with Crippen molar-refractivity contribution in [1.82, 2.24) is 14.9 Å². The summed E-state index contributed by atoms with van der Waals surface area (Å²) in [6.07, 6.45) is -2.71. The number of nitrogens with one attached hydrogen (secondary N) is 1. The van der Waals surface area contributed by atoms with Gasteiger partial charge < -0.3 is 14.6 Å². The van der Waals surface area contributed by atoms with E-state index in [4.69, 9.17) is 4.74 Å². The Balaban J connectivity index is 1.61. The molecule has 4 rings (SSSR count). The van der Waals surface area contributed by atoms with Crippen LogP contribution in [0.4, 0.5) is 13.2 Å². The van der Waals surface area contributed by atoms with E-state index >= 15 is 0 Å². The van der Waals surface area contributed by atoms with Crippen LogP contribution in [0.1, 0.15) is 35.8 Å². The summed E-state index contributed by atoms with van der Waals surface area (Å²) in [5, 5.41) is 2.93. The second kappa shape index (κ2) is 7.66. The highest BCUT2D eigenvalue weighted by atomic mass is 19.4. The van der Waals surface area contributed by atoms with Crippen LogP contribution in [0, 0.1) is 12.8 Å². The zero-order valence-corrected chi connectivity index (χ0v) is 16.7. The Morgan fingerprint density at radius 3 is 2.53 bits per heavy atom. The predicted molar refractivity (Wildman–Crippen MR) is 106 cm³/mol. The lowest BCUT2D eigenvalue weighted by Gasteiger charge is -2.20. The summed E-state index contributed by atoms with van der Waals surface area (Å²) >= 11 is 0. The highest BCUT2D eigenvalue weighted by Crippen LogP contribution is 2.41. The zero-order chi connectivity index (χ0) is 21.5.